The van der Waals surface area contributed by atoms with Crippen molar-refractivity contribution in [3.05, 3.63) is 29.3 Å². The van der Waals surface area contributed by atoms with Crippen LogP contribution in [0.3, 0.4) is 0 Å². The molecule has 2 N–H and O–H groups in total. The Kier molecular flexibility index (Phi) is 6.01. The second kappa shape index (κ2) is 7.63. The Morgan fingerprint density at radius 1 is 1.29 bits per heavy atom. The van der Waals surface area contributed by atoms with Crippen molar-refractivity contribution >= 4 is 15.9 Å². The fourth-order valence-corrected chi connectivity index (χ4v) is 4.83. The first kappa shape index (κ1) is 18.9. The number of amides is 1. The molecular weight excluding hydrogens is 326 g/mol. The van der Waals surface area contributed by atoms with Gasteiger partial charge in [0.2, 0.25) is 10.0 Å². The minimum Gasteiger partial charge on any atom is -0.351 e. The van der Waals surface area contributed by atoms with Gasteiger partial charge in [-0.2, -0.15) is 4.31 Å². The summed E-state index contributed by atoms with van der Waals surface area (Å²) in [6, 6.07) is 5.26. The monoisotopic (exact) mass is 354 g/mol. The van der Waals surface area contributed by atoms with Crippen molar-refractivity contribution in [2.24, 2.45) is 0 Å². The second-order valence-electron chi connectivity index (χ2n) is 6.45. The fraction of sp³-hybridized carbons (Fsp3) is 0.588. The number of carbonyl (C=O) groups excluding carboxylic acids is 1. The van der Waals surface area contributed by atoms with E-state index in [-0.39, 0.29) is 11.9 Å². The number of nitrogens with one attached hydrogen (secondary N) is 2. The number of benzene rings is 1. The molecule has 0 unspecified atom stereocenters. The number of nitrogens with zero attached hydrogens (tertiary/aromatic N) is 1. The summed E-state index contributed by atoms with van der Waals surface area (Å²) in [5, 5.41) is 2.83. The highest BCUT2D eigenvalue weighted by atomic mass is 32.2. The normalized spacial score (nSPS) is 18.3. The van der Waals surface area contributed by atoms with Crippen LogP contribution in [0.4, 0.5) is 0 Å². The fourth-order valence-electron chi connectivity index (χ4n) is 3.19. The lowest BCUT2D eigenvalue weighted by atomic mass is 10.2. The first-order valence-corrected chi connectivity index (χ1v) is 9.91. The van der Waals surface area contributed by atoms with Crippen LogP contribution >= 0.6 is 0 Å². The minimum absolute atomic E-state index is 0.0261. The van der Waals surface area contributed by atoms with E-state index in [0.29, 0.717) is 37.6 Å². The Balaban J connectivity index is 2.07. The lowest BCUT2D eigenvalue weighted by molar-refractivity contribution is -0.917. The first-order chi connectivity index (χ1) is 11.3. The highest BCUT2D eigenvalue weighted by Gasteiger charge is 2.34. The Hall–Kier alpha value is -1.44. The molecule has 6 nitrogen and oxygen atoms in total. The molecule has 1 heterocycles. The summed E-state index contributed by atoms with van der Waals surface area (Å²) in [6.07, 6.45) is 0. The quantitative estimate of drug-likeness (QED) is 0.764. The molecule has 2 rings (SSSR count). The molecule has 0 aromatic heterocycles. The first-order valence-electron chi connectivity index (χ1n) is 8.47. The highest BCUT2D eigenvalue weighted by molar-refractivity contribution is 7.89. The number of piperazine rings is 1. The third-order valence-corrected chi connectivity index (χ3v) is 6.73. The van der Waals surface area contributed by atoms with Crippen LogP contribution in [0.2, 0.25) is 0 Å². The van der Waals surface area contributed by atoms with E-state index in [1.165, 1.54) is 0 Å². The number of hydrogen-bond acceptors (Lipinski definition) is 3. The molecule has 1 aromatic carbocycles. The molecule has 7 heteroatoms. The van der Waals surface area contributed by atoms with Crippen LogP contribution in [-0.2, 0) is 14.8 Å². The number of sulfonamides is 1. The van der Waals surface area contributed by atoms with Crippen LogP contribution in [0.5, 0.6) is 0 Å². The van der Waals surface area contributed by atoms with Crippen molar-refractivity contribution < 1.29 is 18.1 Å². The van der Waals surface area contributed by atoms with Gasteiger partial charge >= 0.3 is 0 Å². The summed E-state index contributed by atoms with van der Waals surface area (Å²) in [4.78, 5) is 13.5. The van der Waals surface area contributed by atoms with Crippen molar-refractivity contribution in [3.63, 3.8) is 0 Å². The van der Waals surface area contributed by atoms with E-state index in [1.54, 1.807) is 10.4 Å². The average molecular weight is 354 g/mol. The zero-order valence-electron chi connectivity index (χ0n) is 14.9. The zero-order chi connectivity index (χ0) is 17.9. The van der Waals surface area contributed by atoms with Gasteiger partial charge in [-0.1, -0.05) is 17.7 Å². The van der Waals surface area contributed by atoms with Gasteiger partial charge in [0.25, 0.3) is 5.91 Å². The maximum atomic E-state index is 12.9. The predicted molar refractivity (Wildman–Crippen MR) is 93.5 cm³/mol. The number of likely N-dealkylation sites (N-methyl/N-ethyl adjacent to an activating group) is 1. The number of aryl methyl sites for hydroxylation is 2. The molecule has 134 valence electrons. The summed E-state index contributed by atoms with van der Waals surface area (Å²) in [5.74, 6) is 0.0261. The smallest absolute Gasteiger partial charge is 0.278 e. The van der Waals surface area contributed by atoms with Crippen molar-refractivity contribution in [3.8, 4) is 0 Å². The van der Waals surface area contributed by atoms with Gasteiger partial charge in [0.15, 0.2) is 6.04 Å². The average Bonchev–Trinajstić information content (AvgIpc) is 2.54. The van der Waals surface area contributed by atoms with Gasteiger partial charge in [-0.3, -0.25) is 4.79 Å². The Morgan fingerprint density at radius 2 is 1.92 bits per heavy atom. The van der Waals surface area contributed by atoms with Gasteiger partial charge in [-0.05, 0) is 39.3 Å². The van der Waals surface area contributed by atoms with Crippen molar-refractivity contribution in [2.45, 2.75) is 38.6 Å². The molecule has 1 amide bonds. The maximum Gasteiger partial charge on any atom is 0.278 e. The van der Waals surface area contributed by atoms with E-state index in [9.17, 15) is 13.2 Å². The van der Waals surface area contributed by atoms with Gasteiger partial charge < -0.3 is 10.2 Å². The topological polar surface area (TPSA) is 70.9 Å². The Morgan fingerprint density at radius 3 is 2.46 bits per heavy atom. The lowest BCUT2D eigenvalue weighted by Crippen LogP contribution is -3.19. The van der Waals surface area contributed by atoms with Crippen molar-refractivity contribution in [1.29, 1.82) is 0 Å². The zero-order valence-corrected chi connectivity index (χ0v) is 15.7. The van der Waals surface area contributed by atoms with E-state index in [0.717, 1.165) is 16.0 Å². The number of rotatable bonds is 5. The summed E-state index contributed by atoms with van der Waals surface area (Å²) in [5.41, 5.74) is 1.83. The summed E-state index contributed by atoms with van der Waals surface area (Å²) in [6.45, 7) is 10.4. The largest absolute Gasteiger partial charge is 0.351 e. The molecular formula is C17H28N3O3S+. The summed E-state index contributed by atoms with van der Waals surface area (Å²) < 4.78 is 27.3. The highest BCUT2D eigenvalue weighted by Crippen LogP contribution is 2.20. The Labute approximate surface area is 144 Å². The molecule has 0 spiro atoms. The lowest BCUT2D eigenvalue weighted by Gasteiger charge is -2.34. The van der Waals surface area contributed by atoms with E-state index >= 15 is 0 Å². The molecule has 1 fully saturated rings. The minimum atomic E-state index is -3.47. The molecule has 1 saturated heterocycles. The van der Waals surface area contributed by atoms with Gasteiger partial charge in [0, 0.05) is 6.54 Å². The van der Waals surface area contributed by atoms with Crippen LogP contribution in [0.1, 0.15) is 25.0 Å². The molecule has 24 heavy (non-hydrogen) atoms. The van der Waals surface area contributed by atoms with Crippen LogP contribution in [0.25, 0.3) is 0 Å². The van der Waals surface area contributed by atoms with Crippen LogP contribution in [-0.4, -0.2) is 57.4 Å². The molecule has 0 aliphatic carbocycles. The molecule has 1 aliphatic heterocycles. The number of hydrogen-bond donors (Lipinski definition) is 2. The summed E-state index contributed by atoms with van der Waals surface area (Å²) in [7, 11) is -3.47. The Bertz CT molecular complexity index is 695. The van der Waals surface area contributed by atoms with Gasteiger partial charge in [-0.25, -0.2) is 8.42 Å². The predicted octanol–water partition coefficient (Wildman–Crippen LogP) is -0.283. The van der Waals surface area contributed by atoms with Crippen LogP contribution in [0.15, 0.2) is 23.1 Å². The van der Waals surface area contributed by atoms with Gasteiger partial charge in [0.1, 0.15) is 0 Å². The van der Waals surface area contributed by atoms with Gasteiger partial charge in [-0.15, -0.1) is 0 Å². The third-order valence-electron chi connectivity index (χ3n) is 4.67. The SMILES string of the molecule is CCNC(=O)[C@H](C)[NH+]1CCN(S(=O)(=O)c2ccc(C)cc2C)CC1. The van der Waals surface area contributed by atoms with E-state index in [4.69, 9.17) is 0 Å². The van der Waals surface area contributed by atoms with Crippen LogP contribution < -0.4 is 10.2 Å². The van der Waals surface area contributed by atoms with E-state index in [1.807, 2.05) is 39.8 Å². The van der Waals surface area contributed by atoms with Crippen LogP contribution in [0, 0.1) is 13.8 Å². The van der Waals surface area contributed by atoms with Gasteiger partial charge in [0.05, 0.1) is 31.1 Å². The second-order valence-corrected chi connectivity index (χ2v) is 8.35. The third kappa shape index (κ3) is 3.96. The van der Waals surface area contributed by atoms with E-state index < -0.39 is 10.0 Å². The number of carbonyl (C=O) groups is 1. The van der Waals surface area contributed by atoms with Crippen molar-refractivity contribution in [2.75, 3.05) is 32.7 Å². The molecule has 1 aliphatic rings. The summed E-state index contributed by atoms with van der Waals surface area (Å²) >= 11 is 0. The molecule has 0 radical (unpaired) electrons. The standard InChI is InChI=1S/C17H27N3O3S/c1-5-18-17(21)15(4)19-8-10-20(11-9-19)24(22,23)16-7-6-13(2)12-14(16)3/h6-7,12,15H,5,8-11H2,1-4H3,(H,18,21)/p+1/t15-/m0/s1. The van der Waals surface area contributed by atoms with Crippen molar-refractivity contribution in [1.82, 2.24) is 9.62 Å². The molecule has 1 atom stereocenters. The molecule has 1 aromatic rings. The molecule has 0 bridgehead atoms. The molecule has 0 saturated carbocycles. The van der Waals surface area contributed by atoms with E-state index in [2.05, 4.69) is 5.32 Å². The maximum absolute atomic E-state index is 12.9. The number of quaternary nitrogens is 1.